The lowest BCUT2D eigenvalue weighted by Gasteiger charge is -2.49. The van der Waals surface area contributed by atoms with Crippen molar-refractivity contribution >= 4 is 5.97 Å². The normalized spacial score (nSPS) is 33.6. The van der Waals surface area contributed by atoms with Crippen LogP contribution in [0.4, 0.5) is 0 Å². The van der Waals surface area contributed by atoms with Crippen LogP contribution in [0.5, 0.6) is 0 Å². The number of nitrogens with zero attached hydrogens (tertiary/aromatic N) is 1. The van der Waals surface area contributed by atoms with Crippen LogP contribution in [0.2, 0.25) is 0 Å². The molecular weight excluding hydrogens is 386 g/mol. The van der Waals surface area contributed by atoms with E-state index in [1.165, 1.54) is 22.9 Å². The number of pyridine rings is 1. The first-order valence-electron chi connectivity index (χ1n) is 10.3. The van der Waals surface area contributed by atoms with Crippen LogP contribution in [-0.2, 0) is 4.74 Å². The number of hydrogen-bond acceptors (Lipinski definition) is 5. The zero-order valence-corrected chi connectivity index (χ0v) is 16.9. The van der Waals surface area contributed by atoms with E-state index in [4.69, 9.17) is 4.74 Å². The molecule has 2 aliphatic rings. The fraction of sp³-hybridized carbons (Fsp3) is 0.478. The summed E-state index contributed by atoms with van der Waals surface area (Å²) in [5, 5.41) is 31.0. The van der Waals surface area contributed by atoms with E-state index < -0.39 is 29.3 Å². The zero-order chi connectivity index (χ0) is 21.5. The van der Waals surface area contributed by atoms with E-state index in [0.29, 0.717) is 25.7 Å². The summed E-state index contributed by atoms with van der Waals surface area (Å²) in [6.07, 6.45) is 2.24. The minimum absolute atomic E-state index is 0.0147. The van der Waals surface area contributed by atoms with Gasteiger partial charge in [-0.3, -0.25) is 4.79 Å². The highest BCUT2D eigenvalue weighted by Gasteiger charge is 2.55. The topological polar surface area (TPSA) is 109 Å². The van der Waals surface area contributed by atoms with Gasteiger partial charge in [-0.05, 0) is 50.2 Å². The number of ether oxygens (including phenoxy) is 1. The lowest BCUT2D eigenvalue weighted by atomic mass is 9.74. The van der Waals surface area contributed by atoms with Crippen LogP contribution in [0.3, 0.4) is 0 Å². The molecule has 0 aliphatic carbocycles. The SMILES string of the molecule is CC12C[C@@H](c3ccccc3)CC(CO)(CC[C@@H](n3cc(C(=O)O)ccc3=O)[C@@H]1O)O2. The Labute approximate surface area is 174 Å². The van der Waals surface area contributed by atoms with Crippen molar-refractivity contribution in [2.75, 3.05) is 6.61 Å². The highest BCUT2D eigenvalue weighted by Crippen LogP contribution is 2.51. The van der Waals surface area contributed by atoms with Crippen molar-refractivity contribution in [3.8, 4) is 0 Å². The molecule has 1 aromatic carbocycles. The summed E-state index contributed by atoms with van der Waals surface area (Å²) >= 11 is 0. The molecule has 2 bridgehead atoms. The molecule has 0 radical (unpaired) electrons. The maximum absolute atomic E-state index is 12.6. The molecule has 2 aromatic rings. The largest absolute Gasteiger partial charge is 0.478 e. The van der Waals surface area contributed by atoms with Crippen molar-refractivity contribution < 1.29 is 24.9 Å². The first-order valence-corrected chi connectivity index (χ1v) is 10.3. The summed E-state index contributed by atoms with van der Waals surface area (Å²) in [6.45, 7) is 1.64. The van der Waals surface area contributed by atoms with E-state index in [-0.39, 0.29) is 23.6 Å². The molecule has 2 fully saturated rings. The summed E-state index contributed by atoms with van der Waals surface area (Å²) in [4.78, 5) is 24.0. The van der Waals surface area contributed by atoms with Crippen LogP contribution in [0, 0.1) is 0 Å². The molecule has 7 heteroatoms. The number of carbonyl (C=O) groups is 1. The molecule has 0 spiro atoms. The van der Waals surface area contributed by atoms with E-state index >= 15 is 0 Å². The molecule has 2 unspecified atom stereocenters. The number of benzene rings is 1. The second kappa shape index (κ2) is 7.65. The van der Waals surface area contributed by atoms with Crippen molar-refractivity contribution in [3.05, 3.63) is 70.1 Å². The molecule has 0 saturated carbocycles. The Kier molecular flexibility index (Phi) is 5.30. The monoisotopic (exact) mass is 413 g/mol. The van der Waals surface area contributed by atoms with E-state index in [0.717, 1.165) is 5.56 Å². The highest BCUT2D eigenvalue weighted by atomic mass is 16.5. The third kappa shape index (κ3) is 3.57. The summed E-state index contributed by atoms with van der Waals surface area (Å²) in [5.41, 5.74) is -1.08. The second-order valence-corrected chi connectivity index (χ2v) is 8.79. The zero-order valence-electron chi connectivity index (χ0n) is 16.9. The van der Waals surface area contributed by atoms with Gasteiger partial charge in [0.15, 0.2) is 0 Å². The second-order valence-electron chi connectivity index (χ2n) is 8.79. The molecule has 160 valence electrons. The smallest absolute Gasteiger partial charge is 0.337 e. The van der Waals surface area contributed by atoms with Crippen LogP contribution in [0.25, 0.3) is 0 Å². The van der Waals surface area contributed by atoms with Gasteiger partial charge in [0.05, 0.1) is 29.4 Å². The number of aromatic carboxylic acids is 1. The van der Waals surface area contributed by atoms with Gasteiger partial charge < -0.3 is 24.6 Å². The van der Waals surface area contributed by atoms with E-state index in [1.807, 2.05) is 37.3 Å². The molecule has 3 heterocycles. The molecule has 1 aromatic heterocycles. The molecule has 30 heavy (non-hydrogen) atoms. The quantitative estimate of drug-likeness (QED) is 0.710. The van der Waals surface area contributed by atoms with Crippen LogP contribution >= 0.6 is 0 Å². The molecule has 2 saturated heterocycles. The number of fused-ring (bicyclic) bond motifs is 2. The predicted octanol–water partition coefficient (Wildman–Crippen LogP) is 2.33. The maximum atomic E-state index is 12.6. The van der Waals surface area contributed by atoms with Gasteiger partial charge >= 0.3 is 5.97 Å². The fourth-order valence-corrected chi connectivity index (χ4v) is 5.22. The molecular formula is C23H27NO6. The Morgan fingerprint density at radius 1 is 1.20 bits per heavy atom. The van der Waals surface area contributed by atoms with Gasteiger partial charge in [0, 0.05) is 12.3 Å². The van der Waals surface area contributed by atoms with E-state index in [2.05, 4.69) is 0 Å². The summed E-state index contributed by atoms with van der Waals surface area (Å²) in [5.74, 6) is -1.04. The van der Waals surface area contributed by atoms with Gasteiger partial charge in [0.1, 0.15) is 6.10 Å². The number of aliphatic hydroxyl groups is 2. The Balaban J connectivity index is 1.76. The van der Waals surface area contributed by atoms with Gasteiger partial charge in [0.2, 0.25) is 0 Å². The summed E-state index contributed by atoms with van der Waals surface area (Å²) in [6, 6.07) is 11.8. The first-order chi connectivity index (χ1) is 14.3. The van der Waals surface area contributed by atoms with Crippen molar-refractivity contribution in [3.63, 3.8) is 0 Å². The Hall–Kier alpha value is -2.48. The highest BCUT2D eigenvalue weighted by molar-refractivity contribution is 5.87. The Morgan fingerprint density at radius 2 is 1.93 bits per heavy atom. The fourth-order valence-electron chi connectivity index (χ4n) is 5.22. The minimum Gasteiger partial charge on any atom is -0.478 e. The minimum atomic E-state index is -1.14. The van der Waals surface area contributed by atoms with Crippen molar-refractivity contribution in [1.29, 1.82) is 0 Å². The molecule has 2 aliphatic heterocycles. The van der Waals surface area contributed by atoms with E-state index in [9.17, 15) is 24.9 Å². The number of rotatable bonds is 4. The van der Waals surface area contributed by atoms with Crippen LogP contribution in [0.15, 0.2) is 53.5 Å². The molecule has 7 nitrogen and oxygen atoms in total. The number of carboxylic acids is 1. The van der Waals surface area contributed by atoms with Gasteiger partial charge in [-0.25, -0.2) is 4.79 Å². The average molecular weight is 413 g/mol. The first kappa shape index (κ1) is 20.8. The van der Waals surface area contributed by atoms with E-state index in [1.54, 1.807) is 0 Å². The number of carboxylic acid groups (broad SMARTS) is 1. The summed E-state index contributed by atoms with van der Waals surface area (Å²) < 4.78 is 7.68. The average Bonchev–Trinajstić information content (AvgIpc) is 2.81. The third-order valence-electron chi connectivity index (χ3n) is 6.71. The predicted molar refractivity (Wildman–Crippen MR) is 110 cm³/mol. The lowest BCUT2D eigenvalue weighted by molar-refractivity contribution is -0.231. The van der Waals surface area contributed by atoms with Crippen molar-refractivity contribution in [1.82, 2.24) is 4.57 Å². The van der Waals surface area contributed by atoms with Crippen molar-refractivity contribution in [2.45, 2.75) is 61.9 Å². The Morgan fingerprint density at radius 3 is 2.60 bits per heavy atom. The lowest BCUT2D eigenvalue weighted by Crippen LogP contribution is -2.56. The number of aliphatic hydroxyl groups excluding tert-OH is 2. The third-order valence-corrected chi connectivity index (χ3v) is 6.71. The molecule has 4 rings (SSSR count). The Bertz CT molecular complexity index is 989. The maximum Gasteiger partial charge on any atom is 0.337 e. The standard InChI is InChI=1S/C23H27NO6/c1-22-11-17(15-5-3-2-4-6-15)12-23(14-25,30-22)10-9-18(20(22)27)24-13-16(21(28)29)7-8-19(24)26/h2-8,13,17-18,20,25,27H,9-12,14H2,1H3,(H,28,29)/t17-,18-,20+,22?,23?/m1/s1. The van der Waals surface area contributed by atoms with Crippen LogP contribution in [0.1, 0.15) is 60.5 Å². The van der Waals surface area contributed by atoms with Gasteiger partial charge in [0.25, 0.3) is 5.56 Å². The molecule has 3 N–H and O–H groups in total. The number of hydrogen-bond donors (Lipinski definition) is 3. The van der Waals surface area contributed by atoms with Crippen LogP contribution in [-0.4, -0.2) is 49.8 Å². The molecule has 5 atom stereocenters. The van der Waals surface area contributed by atoms with Gasteiger partial charge in [-0.15, -0.1) is 0 Å². The summed E-state index contributed by atoms with van der Waals surface area (Å²) in [7, 11) is 0. The van der Waals surface area contributed by atoms with Crippen LogP contribution < -0.4 is 5.56 Å². The molecule has 0 amide bonds. The number of aromatic nitrogens is 1. The van der Waals surface area contributed by atoms with Gasteiger partial charge in [-0.2, -0.15) is 0 Å². The van der Waals surface area contributed by atoms with Gasteiger partial charge in [-0.1, -0.05) is 30.3 Å². The van der Waals surface area contributed by atoms with Crippen molar-refractivity contribution in [2.24, 2.45) is 0 Å².